The van der Waals surface area contributed by atoms with Crippen molar-refractivity contribution < 1.29 is 13.2 Å². The number of carbonyl (C=O) groups excluding carboxylic acids is 1. The van der Waals surface area contributed by atoms with Crippen molar-refractivity contribution in [3.8, 4) is 0 Å². The molecular formula is C13H22Cl2N4O3S. The lowest BCUT2D eigenvalue weighted by Gasteiger charge is -2.35. The summed E-state index contributed by atoms with van der Waals surface area (Å²) in [5.74, 6) is -0.248. The molecule has 10 heteroatoms. The second-order valence-electron chi connectivity index (χ2n) is 5.05. The Morgan fingerprint density at radius 1 is 1.30 bits per heavy atom. The first-order valence-electron chi connectivity index (χ1n) is 6.86. The first kappa shape index (κ1) is 22.1. The van der Waals surface area contributed by atoms with Gasteiger partial charge in [-0.15, -0.1) is 24.8 Å². The Hall–Kier alpha value is -0.930. The molecule has 7 nitrogen and oxygen atoms in total. The second kappa shape index (κ2) is 9.39. The van der Waals surface area contributed by atoms with Gasteiger partial charge in [-0.25, -0.2) is 8.42 Å². The third-order valence-corrected chi connectivity index (χ3v) is 5.48. The molecule has 2 heterocycles. The molecule has 1 unspecified atom stereocenters. The summed E-state index contributed by atoms with van der Waals surface area (Å²) >= 11 is 0. The number of piperazine rings is 1. The predicted octanol–water partition coefficient (Wildman–Crippen LogP) is 0.353. The lowest BCUT2D eigenvalue weighted by molar-refractivity contribution is -0.135. The fraction of sp³-hybridized carbons (Fsp3) is 0.538. The summed E-state index contributed by atoms with van der Waals surface area (Å²) in [5, 5.41) is 0. The molecule has 1 aromatic rings. The third kappa shape index (κ3) is 5.02. The molecule has 2 N–H and O–H groups in total. The minimum Gasteiger partial charge on any atom is -0.340 e. The van der Waals surface area contributed by atoms with Crippen LogP contribution in [-0.4, -0.2) is 61.2 Å². The zero-order valence-corrected chi connectivity index (χ0v) is 15.2. The van der Waals surface area contributed by atoms with E-state index in [-0.39, 0.29) is 41.5 Å². The normalized spacial score (nSPS) is 16.9. The van der Waals surface area contributed by atoms with Gasteiger partial charge in [-0.05, 0) is 12.1 Å². The molecule has 0 spiro atoms. The van der Waals surface area contributed by atoms with Crippen LogP contribution in [0.5, 0.6) is 0 Å². The molecule has 0 radical (unpaired) electrons. The Bertz CT molecular complexity index is 592. The molecule has 1 aliphatic heterocycles. The third-order valence-electron chi connectivity index (χ3n) is 3.60. The molecule has 2 rings (SSSR count). The van der Waals surface area contributed by atoms with Crippen LogP contribution in [0.1, 0.15) is 6.92 Å². The van der Waals surface area contributed by atoms with Crippen molar-refractivity contribution in [2.75, 3.05) is 32.7 Å². The number of aromatic nitrogens is 1. The van der Waals surface area contributed by atoms with Crippen molar-refractivity contribution in [2.45, 2.75) is 11.8 Å². The maximum absolute atomic E-state index is 12.4. The molecule has 23 heavy (non-hydrogen) atoms. The van der Waals surface area contributed by atoms with Crippen LogP contribution in [0.4, 0.5) is 0 Å². The molecule has 1 aliphatic rings. The van der Waals surface area contributed by atoms with Gasteiger partial charge in [0.2, 0.25) is 15.9 Å². The number of hydrogen-bond donors (Lipinski definition) is 1. The van der Waals surface area contributed by atoms with Gasteiger partial charge >= 0.3 is 0 Å². The van der Waals surface area contributed by atoms with Crippen LogP contribution in [0.3, 0.4) is 0 Å². The van der Waals surface area contributed by atoms with E-state index in [1.165, 1.54) is 22.8 Å². The fourth-order valence-electron chi connectivity index (χ4n) is 2.21. The summed E-state index contributed by atoms with van der Waals surface area (Å²) in [5.41, 5.74) is 5.49. The molecule has 0 aromatic carbocycles. The number of halogens is 2. The van der Waals surface area contributed by atoms with Gasteiger partial charge in [0, 0.05) is 51.0 Å². The van der Waals surface area contributed by atoms with Gasteiger partial charge in [0.15, 0.2) is 0 Å². The second-order valence-corrected chi connectivity index (χ2v) is 6.99. The van der Waals surface area contributed by atoms with Gasteiger partial charge in [0.25, 0.3) is 0 Å². The molecule has 1 aromatic heterocycles. The van der Waals surface area contributed by atoms with Crippen molar-refractivity contribution in [1.82, 2.24) is 14.2 Å². The summed E-state index contributed by atoms with van der Waals surface area (Å²) < 4.78 is 26.2. The van der Waals surface area contributed by atoms with E-state index in [4.69, 9.17) is 5.73 Å². The van der Waals surface area contributed by atoms with E-state index in [0.717, 1.165) is 0 Å². The summed E-state index contributed by atoms with van der Waals surface area (Å²) in [6, 6.07) is 3.12. The van der Waals surface area contributed by atoms with Gasteiger partial charge in [0.05, 0.1) is 0 Å². The number of sulfonamides is 1. The molecule has 1 saturated heterocycles. The van der Waals surface area contributed by atoms with Crippen molar-refractivity contribution in [1.29, 1.82) is 0 Å². The average molecular weight is 385 g/mol. The number of pyridine rings is 1. The molecule has 1 atom stereocenters. The zero-order chi connectivity index (χ0) is 15.5. The molecule has 0 saturated carbocycles. The summed E-state index contributed by atoms with van der Waals surface area (Å²) in [4.78, 5) is 17.7. The van der Waals surface area contributed by atoms with E-state index in [0.29, 0.717) is 32.7 Å². The van der Waals surface area contributed by atoms with Crippen LogP contribution in [-0.2, 0) is 14.8 Å². The van der Waals surface area contributed by atoms with Gasteiger partial charge in [-0.2, -0.15) is 4.31 Å². The zero-order valence-electron chi connectivity index (χ0n) is 12.8. The van der Waals surface area contributed by atoms with E-state index in [9.17, 15) is 13.2 Å². The summed E-state index contributed by atoms with van der Waals surface area (Å²) in [6.07, 6.45) is 2.87. The molecule has 0 bridgehead atoms. The van der Waals surface area contributed by atoms with Crippen molar-refractivity contribution >= 4 is 40.7 Å². The highest BCUT2D eigenvalue weighted by Gasteiger charge is 2.31. The number of rotatable bonds is 4. The maximum Gasteiger partial charge on any atom is 0.244 e. The maximum atomic E-state index is 12.4. The molecular weight excluding hydrogens is 363 g/mol. The summed E-state index contributed by atoms with van der Waals surface area (Å²) in [7, 11) is -3.53. The Kier molecular flexibility index (Phi) is 9.01. The Balaban J connectivity index is 0.00000242. The Morgan fingerprint density at radius 2 is 1.91 bits per heavy atom. The van der Waals surface area contributed by atoms with Crippen molar-refractivity contribution in [3.05, 3.63) is 24.5 Å². The van der Waals surface area contributed by atoms with E-state index >= 15 is 0 Å². The van der Waals surface area contributed by atoms with Crippen LogP contribution in [0.15, 0.2) is 29.4 Å². The topological polar surface area (TPSA) is 96.6 Å². The van der Waals surface area contributed by atoms with E-state index in [2.05, 4.69) is 4.98 Å². The quantitative estimate of drug-likeness (QED) is 0.807. The van der Waals surface area contributed by atoms with Gasteiger partial charge in [-0.1, -0.05) is 6.92 Å². The van der Waals surface area contributed by atoms with E-state index in [1.807, 2.05) is 0 Å². The SMILES string of the molecule is CC(CN)C(=O)N1CCN(S(=O)(=O)c2cccnc2)CC1.Cl.Cl. The van der Waals surface area contributed by atoms with Gasteiger partial charge in [-0.3, -0.25) is 9.78 Å². The lowest BCUT2D eigenvalue weighted by Crippen LogP contribution is -2.52. The number of nitrogens with zero attached hydrogens (tertiary/aromatic N) is 3. The monoisotopic (exact) mass is 384 g/mol. The molecule has 132 valence electrons. The smallest absolute Gasteiger partial charge is 0.244 e. The highest BCUT2D eigenvalue weighted by Crippen LogP contribution is 2.17. The number of amides is 1. The Morgan fingerprint density at radius 3 is 2.39 bits per heavy atom. The van der Waals surface area contributed by atoms with Crippen LogP contribution in [0.25, 0.3) is 0 Å². The largest absolute Gasteiger partial charge is 0.340 e. The Labute approximate surface area is 149 Å². The predicted molar refractivity (Wildman–Crippen MR) is 92.3 cm³/mol. The molecule has 1 amide bonds. The van der Waals surface area contributed by atoms with E-state index < -0.39 is 10.0 Å². The van der Waals surface area contributed by atoms with Crippen molar-refractivity contribution in [2.24, 2.45) is 11.7 Å². The minimum atomic E-state index is -3.53. The first-order chi connectivity index (χ1) is 9.96. The average Bonchev–Trinajstić information content (AvgIpc) is 2.54. The molecule has 1 fully saturated rings. The van der Waals surface area contributed by atoms with Crippen LogP contribution in [0.2, 0.25) is 0 Å². The van der Waals surface area contributed by atoms with Crippen LogP contribution in [0, 0.1) is 5.92 Å². The number of carbonyl (C=O) groups is 1. The fourth-order valence-corrected chi connectivity index (χ4v) is 3.60. The standard InChI is InChI=1S/C13H20N4O3S.2ClH/c1-11(9-14)13(18)16-5-7-17(8-6-16)21(19,20)12-3-2-4-15-10-12;;/h2-4,10-11H,5-9,14H2,1H3;2*1H. The van der Waals surface area contributed by atoms with Crippen LogP contribution >= 0.6 is 24.8 Å². The van der Waals surface area contributed by atoms with Gasteiger partial charge in [0.1, 0.15) is 4.90 Å². The summed E-state index contributed by atoms with van der Waals surface area (Å²) in [6.45, 7) is 3.44. The van der Waals surface area contributed by atoms with Gasteiger partial charge < -0.3 is 10.6 Å². The minimum absolute atomic E-state index is 0. The van der Waals surface area contributed by atoms with Crippen molar-refractivity contribution in [3.63, 3.8) is 0 Å². The molecule has 0 aliphatic carbocycles. The highest BCUT2D eigenvalue weighted by atomic mass is 35.5. The number of hydrogen-bond acceptors (Lipinski definition) is 5. The van der Waals surface area contributed by atoms with E-state index in [1.54, 1.807) is 17.9 Å². The highest BCUT2D eigenvalue weighted by molar-refractivity contribution is 7.89. The van der Waals surface area contributed by atoms with Crippen LogP contribution < -0.4 is 5.73 Å². The lowest BCUT2D eigenvalue weighted by atomic mass is 10.1. The first-order valence-corrected chi connectivity index (χ1v) is 8.30. The number of nitrogens with two attached hydrogens (primary N) is 1.